The van der Waals surface area contributed by atoms with E-state index in [2.05, 4.69) is 0 Å². The number of sulfone groups is 1. The quantitative estimate of drug-likeness (QED) is 0.634. The number of aliphatic hydroxyl groups is 1. The Morgan fingerprint density at radius 3 is 1.90 bits per heavy atom. The molecule has 0 rings (SSSR count). The van der Waals surface area contributed by atoms with Crippen LogP contribution in [0.3, 0.4) is 0 Å². The average molecular weight is 187 g/mol. The highest BCUT2D eigenvalue weighted by Crippen LogP contribution is 2.25. The molecule has 0 aliphatic heterocycles. The molecule has 2 atom stereocenters. The molecule has 10 heavy (non-hydrogen) atoms. The highest BCUT2D eigenvalue weighted by Gasteiger charge is 2.38. The van der Waals surface area contributed by atoms with Crippen molar-refractivity contribution >= 4 is 21.4 Å². The predicted octanol–water partition coefficient (Wildman–Crippen LogP) is 0.367. The third-order valence-corrected chi connectivity index (χ3v) is 4.42. The molecule has 0 unspecified atom stereocenters. The minimum Gasteiger partial charge on any atom is -0.390 e. The van der Waals surface area contributed by atoms with Crippen LogP contribution in [0.1, 0.15) is 13.8 Å². The minimum atomic E-state index is -3.39. The van der Waals surface area contributed by atoms with Gasteiger partial charge in [-0.1, -0.05) is 11.6 Å². The predicted molar refractivity (Wildman–Crippen MR) is 40.8 cm³/mol. The Balaban J connectivity index is 4.76. The molecule has 0 aromatic rings. The summed E-state index contributed by atoms with van der Waals surface area (Å²) in [6.45, 7) is 2.61. The van der Waals surface area contributed by atoms with E-state index < -0.39 is 20.1 Å². The Morgan fingerprint density at radius 2 is 1.90 bits per heavy atom. The fourth-order valence-electron chi connectivity index (χ4n) is 0.310. The number of hydrogen-bond donors (Lipinski definition) is 1. The molecular formula is C5H11ClO3S. The van der Waals surface area contributed by atoms with Crippen molar-refractivity contribution in [2.75, 3.05) is 6.26 Å². The molecule has 3 nitrogen and oxygen atoms in total. The van der Waals surface area contributed by atoms with Gasteiger partial charge in [0.05, 0.1) is 6.10 Å². The fraction of sp³-hybridized carbons (Fsp3) is 1.00. The maximum Gasteiger partial charge on any atom is 0.169 e. The summed E-state index contributed by atoms with van der Waals surface area (Å²) in [6, 6.07) is 0. The molecule has 0 radical (unpaired) electrons. The van der Waals surface area contributed by atoms with E-state index in [0.717, 1.165) is 6.26 Å². The van der Waals surface area contributed by atoms with Gasteiger partial charge in [0.15, 0.2) is 14.0 Å². The van der Waals surface area contributed by atoms with Gasteiger partial charge >= 0.3 is 0 Å². The molecule has 0 aliphatic carbocycles. The van der Waals surface area contributed by atoms with Gasteiger partial charge in [-0.15, -0.1) is 0 Å². The number of hydrogen-bond acceptors (Lipinski definition) is 3. The lowest BCUT2D eigenvalue weighted by Gasteiger charge is -2.22. The number of alkyl halides is 1. The highest BCUT2D eigenvalue weighted by atomic mass is 35.5. The SMILES string of the molecule is C[C@H](O)[C@](C)(Cl)S(C)(=O)=O. The molecular weight excluding hydrogens is 176 g/mol. The largest absolute Gasteiger partial charge is 0.390 e. The Labute approximate surface area is 65.9 Å². The van der Waals surface area contributed by atoms with Crippen LogP contribution in [0.5, 0.6) is 0 Å². The molecule has 0 bridgehead atoms. The van der Waals surface area contributed by atoms with Crippen LogP contribution in [0.15, 0.2) is 0 Å². The first-order valence-electron chi connectivity index (χ1n) is 2.76. The topological polar surface area (TPSA) is 54.4 Å². The molecule has 0 spiro atoms. The minimum absolute atomic E-state index is 0.993. The lowest BCUT2D eigenvalue weighted by molar-refractivity contribution is 0.180. The molecule has 5 heteroatoms. The third-order valence-electron chi connectivity index (χ3n) is 1.47. The average Bonchev–Trinajstić information content (AvgIpc) is 1.62. The second kappa shape index (κ2) is 2.68. The van der Waals surface area contributed by atoms with Crippen molar-refractivity contribution in [2.45, 2.75) is 24.2 Å². The maximum absolute atomic E-state index is 10.8. The van der Waals surface area contributed by atoms with Gasteiger partial charge in [0.25, 0.3) is 0 Å². The van der Waals surface area contributed by atoms with Gasteiger partial charge in [-0.3, -0.25) is 0 Å². The maximum atomic E-state index is 10.8. The summed E-state index contributed by atoms with van der Waals surface area (Å²) in [5, 5.41) is 8.90. The first kappa shape index (κ1) is 10.2. The van der Waals surface area contributed by atoms with E-state index in [4.69, 9.17) is 16.7 Å². The molecule has 0 fully saturated rings. The smallest absolute Gasteiger partial charge is 0.169 e. The second-order valence-electron chi connectivity index (χ2n) is 2.43. The molecule has 0 saturated carbocycles. The van der Waals surface area contributed by atoms with E-state index in [0.29, 0.717) is 0 Å². The van der Waals surface area contributed by atoms with Crippen molar-refractivity contribution in [2.24, 2.45) is 0 Å². The van der Waals surface area contributed by atoms with Gasteiger partial charge in [0, 0.05) is 6.26 Å². The first-order chi connectivity index (χ1) is 4.19. The van der Waals surface area contributed by atoms with E-state index in [1.54, 1.807) is 0 Å². The van der Waals surface area contributed by atoms with Gasteiger partial charge in [-0.2, -0.15) is 0 Å². The van der Waals surface area contributed by atoms with Crippen molar-refractivity contribution < 1.29 is 13.5 Å². The number of halogens is 1. The van der Waals surface area contributed by atoms with Crippen LogP contribution >= 0.6 is 11.6 Å². The Morgan fingerprint density at radius 1 is 1.60 bits per heavy atom. The van der Waals surface area contributed by atoms with Gasteiger partial charge in [0.2, 0.25) is 0 Å². The first-order valence-corrected chi connectivity index (χ1v) is 5.03. The van der Waals surface area contributed by atoms with Crippen molar-refractivity contribution in [3.8, 4) is 0 Å². The Bertz CT molecular complexity index is 205. The van der Waals surface area contributed by atoms with E-state index in [-0.39, 0.29) is 0 Å². The summed E-state index contributed by atoms with van der Waals surface area (Å²) in [7, 11) is -3.39. The Kier molecular flexibility index (Phi) is 2.73. The fourth-order valence-corrected chi connectivity index (χ4v) is 0.929. The summed E-state index contributed by atoms with van der Waals surface area (Å²) < 4.78 is 20.0. The highest BCUT2D eigenvalue weighted by molar-refractivity contribution is 7.93. The van der Waals surface area contributed by atoms with Crippen LogP contribution in [0.25, 0.3) is 0 Å². The van der Waals surface area contributed by atoms with Crippen LogP contribution in [-0.2, 0) is 9.84 Å². The molecule has 0 aromatic carbocycles. The zero-order chi connectivity index (χ0) is 8.58. The molecule has 1 N–H and O–H groups in total. The summed E-state index contributed by atoms with van der Waals surface area (Å²) in [4.78, 5) is 0. The van der Waals surface area contributed by atoms with Crippen LogP contribution in [0, 0.1) is 0 Å². The van der Waals surface area contributed by atoms with E-state index in [1.165, 1.54) is 13.8 Å². The summed E-state index contributed by atoms with van der Waals surface area (Å²) in [5.74, 6) is 0. The monoisotopic (exact) mass is 186 g/mol. The molecule has 0 aromatic heterocycles. The molecule has 0 amide bonds. The van der Waals surface area contributed by atoms with Crippen molar-refractivity contribution in [3.63, 3.8) is 0 Å². The van der Waals surface area contributed by atoms with E-state index >= 15 is 0 Å². The molecule has 0 heterocycles. The molecule has 0 saturated heterocycles. The van der Waals surface area contributed by atoms with Crippen LogP contribution in [0.4, 0.5) is 0 Å². The zero-order valence-electron chi connectivity index (χ0n) is 6.13. The molecule has 62 valence electrons. The lowest BCUT2D eigenvalue weighted by Crippen LogP contribution is -2.38. The van der Waals surface area contributed by atoms with Gasteiger partial charge in [-0.25, -0.2) is 8.42 Å². The van der Waals surface area contributed by atoms with Crippen molar-refractivity contribution in [3.05, 3.63) is 0 Å². The number of aliphatic hydroxyl groups excluding tert-OH is 1. The summed E-state index contributed by atoms with van der Waals surface area (Å²) in [6.07, 6.45) is -0.0728. The van der Waals surface area contributed by atoms with Crippen LogP contribution in [0.2, 0.25) is 0 Å². The van der Waals surface area contributed by atoms with Crippen LogP contribution < -0.4 is 0 Å². The van der Waals surface area contributed by atoms with Gasteiger partial charge in [-0.05, 0) is 13.8 Å². The van der Waals surface area contributed by atoms with Gasteiger partial charge in [0.1, 0.15) is 0 Å². The third kappa shape index (κ3) is 1.84. The normalized spacial score (nSPS) is 21.7. The second-order valence-corrected chi connectivity index (χ2v) is 5.84. The zero-order valence-corrected chi connectivity index (χ0v) is 7.70. The standard InChI is InChI=1S/C5H11ClO3S/c1-4(7)5(2,6)10(3,8)9/h4,7H,1-3H3/t4-,5+/m0/s1. The lowest BCUT2D eigenvalue weighted by atomic mass is 10.3. The number of rotatable bonds is 2. The Hall–Kier alpha value is 0.200. The van der Waals surface area contributed by atoms with Crippen LogP contribution in [-0.4, -0.2) is 30.1 Å². The van der Waals surface area contributed by atoms with E-state index in [9.17, 15) is 8.42 Å². The van der Waals surface area contributed by atoms with E-state index in [1.807, 2.05) is 0 Å². The summed E-state index contributed by atoms with van der Waals surface area (Å²) in [5.41, 5.74) is 0. The summed E-state index contributed by atoms with van der Waals surface area (Å²) >= 11 is 5.51. The van der Waals surface area contributed by atoms with Crippen molar-refractivity contribution in [1.82, 2.24) is 0 Å². The van der Waals surface area contributed by atoms with Gasteiger partial charge < -0.3 is 5.11 Å². The van der Waals surface area contributed by atoms with Crippen molar-refractivity contribution in [1.29, 1.82) is 0 Å². The molecule has 0 aliphatic rings.